The zero-order valence-electron chi connectivity index (χ0n) is 16.0. The minimum absolute atomic E-state index is 0.0455. The average Bonchev–Trinajstić information content (AvgIpc) is 2.58. The summed E-state index contributed by atoms with van der Waals surface area (Å²) < 4.78 is 5.48. The van der Waals surface area contributed by atoms with Crippen molar-refractivity contribution in [1.82, 2.24) is 9.80 Å². The first-order valence-corrected chi connectivity index (χ1v) is 9.31. The number of amides is 1. The van der Waals surface area contributed by atoms with Crippen molar-refractivity contribution < 1.29 is 9.53 Å². The normalized spacial score (nSPS) is 23.9. The molecule has 5 heteroatoms. The number of aryl methyl sites for hydroxylation is 1. The summed E-state index contributed by atoms with van der Waals surface area (Å²) in [7, 11) is 0. The van der Waals surface area contributed by atoms with Crippen LogP contribution in [0.3, 0.4) is 0 Å². The van der Waals surface area contributed by atoms with Crippen LogP contribution in [0.1, 0.15) is 26.3 Å². The van der Waals surface area contributed by atoms with Gasteiger partial charge in [0.25, 0.3) is 0 Å². The van der Waals surface area contributed by atoms with E-state index in [1.54, 1.807) is 0 Å². The van der Waals surface area contributed by atoms with Crippen LogP contribution in [0.15, 0.2) is 24.3 Å². The summed E-state index contributed by atoms with van der Waals surface area (Å²) in [4.78, 5) is 19.5. The molecule has 0 unspecified atom stereocenters. The fourth-order valence-corrected chi connectivity index (χ4v) is 3.92. The van der Waals surface area contributed by atoms with Crippen LogP contribution in [0.4, 0.5) is 5.69 Å². The Hall–Kier alpha value is -1.43. The first-order valence-electron chi connectivity index (χ1n) is 9.31. The highest BCUT2D eigenvalue weighted by atomic mass is 16.5. The molecule has 1 aromatic carbocycles. The van der Waals surface area contributed by atoms with Crippen molar-refractivity contribution in [2.45, 2.75) is 39.3 Å². The number of rotatable bonds is 4. The Balaban J connectivity index is 1.66. The highest BCUT2D eigenvalue weighted by molar-refractivity contribution is 5.95. The van der Waals surface area contributed by atoms with Crippen molar-refractivity contribution in [3.05, 3.63) is 29.8 Å². The Morgan fingerprint density at radius 2 is 1.96 bits per heavy atom. The molecule has 138 valence electrons. The van der Waals surface area contributed by atoms with Crippen molar-refractivity contribution >= 4 is 11.6 Å². The lowest BCUT2D eigenvalue weighted by Gasteiger charge is -2.47. The molecule has 2 heterocycles. The summed E-state index contributed by atoms with van der Waals surface area (Å²) in [6, 6.07) is 8.57. The van der Waals surface area contributed by atoms with E-state index in [2.05, 4.69) is 49.6 Å². The minimum atomic E-state index is 0.0455. The van der Waals surface area contributed by atoms with Gasteiger partial charge >= 0.3 is 0 Å². The fourth-order valence-electron chi connectivity index (χ4n) is 3.92. The van der Waals surface area contributed by atoms with Crippen molar-refractivity contribution in [1.29, 1.82) is 0 Å². The molecule has 0 aliphatic carbocycles. The van der Waals surface area contributed by atoms with Gasteiger partial charge in [-0.3, -0.25) is 14.6 Å². The van der Waals surface area contributed by atoms with Gasteiger partial charge in [-0.15, -0.1) is 0 Å². The molecule has 0 saturated carbocycles. The average molecular weight is 345 g/mol. The Morgan fingerprint density at radius 1 is 1.24 bits per heavy atom. The van der Waals surface area contributed by atoms with Gasteiger partial charge in [0, 0.05) is 43.4 Å². The summed E-state index contributed by atoms with van der Waals surface area (Å²) in [6.07, 6.45) is 0. The maximum Gasteiger partial charge on any atom is 0.241 e. The van der Waals surface area contributed by atoms with Crippen LogP contribution in [-0.2, 0) is 9.53 Å². The van der Waals surface area contributed by atoms with Gasteiger partial charge in [0.1, 0.15) is 0 Å². The molecule has 2 fully saturated rings. The first-order chi connectivity index (χ1) is 11.9. The third-order valence-electron chi connectivity index (χ3n) is 5.48. The number of hydrogen-bond donors (Lipinski definition) is 0. The molecule has 0 aromatic heterocycles. The lowest BCUT2D eigenvalue weighted by atomic mass is 9.99. The number of nitrogens with zero attached hydrogens (tertiary/aromatic N) is 3. The van der Waals surface area contributed by atoms with Gasteiger partial charge in [0.05, 0.1) is 19.8 Å². The van der Waals surface area contributed by atoms with Crippen molar-refractivity contribution in [2.75, 3.05) is 50.8 Å². The maximum absolute atomic E-state index is 12.8. The second kappa shape index (κ2) is 7.44. The second-order valence-electron chi connectivity index (χ2n) is 8.01. The largest absolute Gasteiger partial charge is 0.379 e. The van der Waals surface area contributed by atoms with Crippen LogP contribution in [0.5, 0.6) is 0 Å². The lowest BCUT2D eigenvalue weighted by Crippen LogP contribution is -2.62. The number of carbonyl (C=O) groups is 1. The summed E-state index contributed by atoms with van der Waals surface area (Å²) in [5.74, 6) is 0.196. The zero-order chi connectivity index (χ0) is 18.0. The third-order valence-corrected chi connectivity index (χ3v) is 5.48. The van der Waals surface area contributed by atoms with Crippen molar-refractivity contribution in [2.24, 2.45) is 0 Å². The smallest absolute Gasteiger partial charge is 0.241 e. The van der Waals surface area contributed by atoms with E-state index in [4.69, 9.17) is 4.74 Å². The molecule has 2 saturated heterocycles. The summed E-state index contributed by atoms with van der Waals surface area (Å²) in [6.45, 7) is 14.6. The van der Waals surface area contributed by atoms with Crippen LogP contribution < -0.4 is 4.90 Å². The molecule has 3 rings (SSSR count). The van der Waals surface area contributed by atoms with Gasteiger partial charge in [-0.1, -0.05) is 12.1 Å². The number of benzene rings is 1. The van der Waals surface area contributed by atoms with E-state index in [0.29, 0.717) is 12.6 Å². The maximum atomic E-state index is 12.8. The van der Waals surface area contributed by atoms with Crippen LogP contribution in [-0.4, -0.2) is 73.2 Å². The van der Waals surface area contributed by atoms with Gasteiger partial charge in [-0.2, -0.15) is 0 Å². The number of ether oxygens (including phenoxy) is 1. The van der Waals surface area contributed by atoms with E-state index in [0.717, 1.165) is 45.1 Å². The molecule has 2 aliphatic rings. The highest BCUT2D eigenvalue weighted by Crippen LogP contribution is 2.24. The van der Waals surface area contributed by atoms with E-state index in [1.165, 1.54) is 5.56 Å². The molecule has 1 atom stereocenters. The Morgan fingerprint density at radius 3 is 2.64 bits per heavy atom. The molecule has 5 nitrogen and oxygen atoms in total. The molecule has 0 spiro atoms. The minimum Gasteiger partial charge on any atom is -0.379 e. The third kappa shape index (κ3) is 4.22. The molecule has 0 bridgehead atoms. The molecule has 1 amide bonds. The monoisotopic (exact) mass is 345 g/mol. The van der Waals surface area contributed by atoms with E-state index >= 15 is 0 Å². The van der Waals surface area contributed by atoms with E-state index in [1.807, 2.05) is 17.0 Å². The Kier molecular flexibility index (Phi) is 5.46. The van der Waals surface area contributed by atoms with E-state index in [9.17, 15) is 4.79 Å². The SMILES string of the molecule is Cc1cccc(N2C[C@@H](C)N(CC(C)(C)N3CCOCC3)CC2=O)c1. The number of hydrogen-bond acceptors (Lipinski definition) is 4. The summed E-state index contributed by atoms with van der Waals surface area (Å²) in [5.41, 5.74) is 2.25. The van der Waals surface area contributed by atoms with Gasteiger partial charge in [-0.25, -0.2) is 0 Å². The van der Waals surface area contributed by atoms with Crippen molar-refractivity contribution in [3.8, 4) is 0 Å². The van der Waals surface area contributed by atoms with Gasteiger partial charge in [0.2, 0.25) is 5.91 Å². The quantitative estimate of drug-likeness (QED) is 0.838. The molecular weight excluding hydrogens is 314 g/mol. The number of carbonyl (C=O) groups excluding carboxylic acids is 1. The number of anilines is 1. The standard InChI is InChI=1S/C20H31N3O2/c1-16-6-5-7-18(12-16)23-13-17(2)21(14-19(23)24)15-20(3,4)22-8-10-25-11-9-22/h5-7,12,17H,8-11,13-15H2,1-4H3/t17-/m1/s1. The first kappa shape index (κ1) is 18.4. The number of morpholine rings is 1. The topological polar surface area (TPSA) is 36.0 Å². The van der Waals surface area contributed by atoms with E-state index < -0.39 is 0 Å². The second-order valence-corrected chi connectivity index (χ2v) is 8.01. The molecule has 0 N–H and O–H groups in total. The zero-order valence-corrected chi connectivity index (χ0v) is 16.0. The summed E-state index contributed by atoms with van der Waals surface area (Å²) in [5, 5.41) is 0. The Bertz CT molecular complexity index is 611. The highest BCUT2D eigenvalue weighted by Gasteiger charge is 2.36. The Labute approximate surface area is 151 Å². The molecule has 2 aliphatic heterocycles. The van der Waals surface area contributed by atoms with Gasteiger partial charge in [0.15, 0.2) is 0 Å². The summed E-state index contributed by atoms with van der Waals surface area (Å²) >= 11 is 0. The predicted molar refractivity (Wildman–Crippen MR) is 101 cm³/mol. The van der Waals surface area contributed by atoms with Crippen LogP contribution in [0.25, 0.3) is 0 Å². The molecule has 25 heavy (non-hydrogen) atoms. The van der Waals surface area contributed by atoms with Crippen molar-refractivity contribution in [3.63, 3.8) is 0 Å². The van der Waals surface area contributed by atoms with Crippen LogP contribution in [0, 0.1) is 6.92 Å². The number of piperazine rings is 1. The molecule has 1 aromatic rings. The van der Waals surface area contributed by atoms with Crippen LogP contribution >= 0.6 is 0 Å². The molecule has 0 radical (unpaired) electrons. The van der Waals surface area contributed by atoms with E-state index in [-0.39, 0.29) is 11.4 Å². The predicted octanol–water partition coefficient (Wildman–Crippen LogP) is 2.14. The lowest BCUT2D eigenvalue weighted by molar-refractivity contribution is -0.123. The fraction of sp³-hybridized carbons (Fsp3) is 0.650. The molecular formula is C20H31N3O2. The van der Waals surface area contributed by atoms with Crippen LogP contribution in [0.2, 0.25) is 0 Å². The van der Waals surface area contributed by atoms with Gasteiger partial charge < -0.3 is 9.64 Å². The van der Waals surface area contributed by atoms with Gasteiger partial charge in [-0.05, 0) is 45.4 Å².